The molecule has 0 amide bonds. The van der Waals surface area contributed by atoms with Crippen molar-refractivity contribution in [1.29, 1.82) is 0 Å². The van der Waals surface area contributed by atoms with Crippen LogP contribution in [0.25, 0.3) is 21.3 Å². The van der Waals surface area contributed by atoms with Gasteiger partial charge in [-0.1, -0.05) is 11.6 Å². The lowest BCUT2D eigenvalue weighted by molar-refractivity contribution is 0.140. The lowest BCUT2D eigenvalue weighted by Crippen LogP contribution is -2.27. The Morgan fingerprint density at radius 2 is 2.19 bits per heavy atom. The van der Waals surface area contributed by atoms with E-state index in [0.717, 1.165) is 31.8 Å². The van der Waals surface area contributed by atoms with Gasteiger partial charge in [0.15, 0.2) is 6.17 Å². The number of aromatic nitrogens is 1. The summed E-state index contributed by atoms with van der Waals surface area (Å²) in [4.78, 5) is 5.22. The number of pyridine rings is 1. The number of rotatable bonds is 4. The fourth-order valence-corrected chi connectivity index (χ4v) is 4.53. The van der Waals surface area contributed by atoms with Gasteiger partial charge in [-0.05, 0) is 36.8 Å². The summed E-state index contributed by atoms with van der Waals surface area (Å²) in [6, 6.07) is 7.44. The van der Waals surface area contributed by atoms with Crippen molar-refractivity contribution in [3.05, 3.63) is 45.9 Å². The first-order valence-corrected chi connectivity index (χ1v) is 9.56. The maximum absolute atomic E-state index is 14.1. The molecule has 2 atom stereocenters. The van der Waals surface area contributed by atoms with Crippen LogP contribution in [-0.2, 0) is 6.61 Å². The Kier molecular flexibility index (Phi) is 4.84. The minimum absolute atomic E-state index is 0.0321. The molecule has 4 rings (SSSR count). The number of nitrogens with one attached hydrogen (secondary N) is 1. The lowest BCUT2D eigenvalue weighted by Gasteiger charge is -2.20. The minimum Gasteiger partial charge on any atom is -0.485 e. The van der Waals surface area contributed by atoms with Crippen molar-refractivity contribution in [2.24, 2.45) is 0 Å². The molecule has 0 aliphatic carbocycles. The van der Waals surface area contributed by atoms with Crippen molar-refractivity contribution >= 4 is 33.2 Å². The highest BCUT2D eigenvalue weighted by Gasteiger charge is 2.30. The molecule has 26 heavy (non-hydrogen) atoms. The van der Waals surface area contributed by atoms with Crippen LogP contribution in [0, 0.1) is 6.92 Å². The number of ether oxygens (including phenoxy) is 1. The first-order valence-electron chi connectivity index (χ1n) is 8.37. The molecule has 0 unspecified atom stereocenters. The van der Waals surface area contributed by atoms with Gasteiger partial charge in [0.25, 0.3) is 0 Å². The fraction of sp³-hybridized carbons (Fsp3) is 0.316. The van der Waals surface area contributed by atoms with E-state index in [4.69, 9.17) is 16.3 Å². The smallest absolute Gasteiger partial charge is 0.150 e. The van der Waals surface area contributed by atoms with E-state index in [2.05, 4.69) is 10.3 Å². The molecule has 3 heterocycles. The van der Waals surface area contributed by atoms with Crippen molar-refractivity contribution in [2.75, 3.05) is 13.1 Å². The number of thiophene rings is 1. The third-order valence-electron chi connectivity index (χ3n) is 4.51. The van der Waals surface area contributed by atoms with Crippen LogP contribution in [0.15, 0.2) is 30.5 Å². The first-order chi connectivity index (χ1) is 12.6. The third-order valence-corrected chi connectivity index (χ3v) is 5.87. The van der Waals surface area contributed by atoms with Crippen LogP contribution < -0.4 is 10.1 Å². The van der Waals surface area contributed by atoms with E-state index in [1.54, 1.807) is 6.20 Å². The second kappa shape index (κ2) is 7.12. The molecule has 3 aromatic rings. The zero-order valence-electron chi connectivity index (χ0n) is 14.1. The quantitative estimate of drug-likeness (QED) is 0.701. The number of nitrogens with zero attached hydrogens (tertiary/aromatic N) is 1. The van der Waals surface area contributed by atoms with Crippen molar-refractivity contribution < 1.29 is 14.2 Å². The number of aryl methyl sites for hydroxylation is 1. The summed E-state index contributed by atoms with van der Waals surface area (Å²) in [6.07, 6.45) is 0.154. The van der Waals surface area contributed by atoms with Crippen LogP contribution in [0.4, 0.5) is 4.39 Å². The molecular weight excluding hydrogens is 375 g/mol. The zero-order chi connectivity index (χ0) is 18.3. The number of hydrogen-bond acceptors (Lipinski definition) is 5. The predicted octanol–water partition coefficient (Wildman–Crippen LogP) is 4.11. The van der Waals surface area contributed by atoms with Crippen molar-refractivity contribution in [1.82, 2.24) is 10.3 Å². The Balaban J connectivity index is 1.87. The third kappa shape index (κ3) is 3.18. The van der Waals surface area contributed by atoms with Gasteiger partial charge in [-0.15, -0.1) is 11.3 Å². The summed E-state index contributed by atoms with van der Waals surface area (Å²) in [7, 11) is 0. The zero-order valence-corrected chi connectivity index (χ0v) is 15.7. The second-order valence-corrected chi connectivity index (χ2v) is 7.95. The molecular formula is C19H18ClFN2O2S. The number of fused-ring (bicyclic) bond motifs is 1. The highest BCUT2D eigenvalue weighted by molar-refractivity contribution is 7.19. The molecule has 1 fully saturated rings. The molecule has 1 aliphatic rings. The molecule has 0 saturated carbocycles. The largest absolute Gasteiger partial charge is 0.485 e. The molecule has 0 bridgehead atoms. The molecule has 0 radical (unpaired) electrons. The molecule has 4 nitrogen and oxygen atoms in total. The van der Waals surface area contributed by atoms with Gasteiger partial charge in [-0.25, -0.2) is 4.39 Å². The number of aliphatic hydroxyl groups excluding tert-OH is 1. The Labute approximate surface area is 159 Å². The Bertz CT molecular complexity index is 962. The Morgan fingerprint density at radius 1 is 1.35 bits per heavy atom. The molecule has 2 N–H and O–H groups in total. The summed E-state index contributed by atoms with van der Waals surface area (Å²) in [5.41, 5.74) is 3.40. The lowest BCUT2D eigenvalue weighted by atomic mass is 10.0. The SMILES string of the molecule is Cc1cc(Cl)cc(-c2ccnc3cc(CO)sc23)c1O[C@H]1CNC[C@H]1F. The van der Waals surface area contributed by atoms with Gasteiger partial charge in [-0.2, -0.15) is 0 Å². The number of halogens is 2. The van der Waals surface area contributed by atoms with E-state index in [9.17, 15) is 9.50 Å². The number of alkyl halides is 1. The van der Waals surface area contributed by atoms with E-state index >= 15 is 0 Å². The Hall–Kier alpha value is -1.73. The van der Waals surface area contributed by atoms with Crippen molar-refractivity contribution in [2.45, 2.75) is 25.8 Å². The van der Waals surface area contributed by atoms with Crippen LogP contribution in [-0.4, -0.2) is 35.5 Å². The molecule has 136 valence electrons. The van der Waals surface area contributed by atoms with Crippen LogP contribution in [0.2, 0.25) is 5.02 Å². The average molecular weight is 393 g/mol. The topological polar surface area (TPSA) is 54.4 Å². The number of aliphatic hydroxyl groups is 1. The summed E-state index contributed by atoms with van der Waals surface area (Å²) >= 11 is 7.79. The van der Waals surface area contributed by atoms with Gasteiger partial charge in [0.05, 0.1) is 16.8 Å². The van der Waals surface area contributed by atoms with Gasteiger partial charge in [-0.3, -0.25) is 4.98 Å². The van der Waals surface area contributed by atoms with Crippen molar-refractivity contribution in [3.63, 3.8) is 0 Å². The summed E-state index contributed by atoms with van der Waals surface area (Å²) < 4.78 is 21.1. The van der Waals surface area contributed by atoms with Crippen LogP contribution in [0.1, 0.15) is 10.4 Å². The Morgan fingerprint density at radius 3 is 2.92 bits per heavy atom. The van der Waals surface area contributed by atoms with Gasteiger partial charge in [0, 0.05) is 40.3 Å². The molecule has 7 heteroatoms. The first kappa shape index (κ1) is 17.7. The molecule has 0 spiro atoms. The van der Waals surface area contributed by atoms with Gasteiger partial charge < -0.3 is 15.2 Å². The maximum Gasteiger partial charge on any atom is 0.150 e. The van der Waals surface area contributed by atoms with Crippen LogP contribution in [0.5, 0.6) is 5.75 Å². The summed E-state index contributed by atoms with van der Waals surface area (Å²) in [6.45, 7) is 2.65. The standard InChI is InChI=1S/C19H18ClFN2O2S/c1-10-4-11(20)5-14(18(10)25-17-8-22-7-15(17)21)13-2-3-23-16-6-12(9-24)26-19(13)16/h2-6,15,17,22,24H,7-9H2,1H3/t15-,17+/m1/s1. The van der Waals surface area contributed by atoms with Gasteiger partial charge in [0.1, 0.15) is 11.9 Å². The highest BCUT2D eigenvalue weighted by atomic mass is 35.5. The molecule has 2 aromatic heterocycles. The van der Waals surface area contributed by atoms with Crippen molar-refractivity contribution in [3.8, 4) is 16.9 Å². The maximum atomic E-state index is 14.1. The highest BCUT2D eigenvalue weighted by Crippen LogP contribution is 2.42. The molecule has 1 saturated heterocycles. The molecule has 1 aromatic carbocycles. The van der Waals surface area contributed by atoms with E-state index < -0.39 is 12.3 Å². The monoisotopic (exact) mass is 392 g/mol. The average Bonchev–Trinajstić information content (AvgIpc) is 3.22. The fourth-order valence-electron chi connectivity index (χ4n) is 3.25. The van der Waals surface area contributed by atoms with E-state index in [1.807, 2.05) is 31.2 Å². The number of benzene rings is 1. The second-order valence-electron chi connectivity index (χ2n) is 6.37. The van der Waals surface area contributed by atoms with Crippen LogP contribution >= 0.6 is 22.9 Å². The van der Waals surface area contributed by atoms with Crippen LogP contribution in [0.3, 0.4) is 0 Å². The van der Waals surface area contributed by atoms with Gasteiger partial charge >= 0.3 is 0 Å². The normalized spacial score (nSPS) is 20.0. The minimum atomic E-state index is -1.04. The van der Waals surface area contributed by atoms with E-state index in [-0.39, 0.29) is 6.61 Å². The van der Waals surface area contributed by atoms with E-state index in [0.29, 0.717) is 23.9 Å². The summed E-state index contributed by atoms with van der Waals surface area (Å²) in [5, 5.41) is 13.1. The van der Waals surface area contributed by atoms with E-state index in [1.165, 1.54) is 11.3 Å². The predicted molar refractivity (Wildman–Crippen MR) is 103 cm³/mol. The van der Waals surface area contributed by atoms with Gasteiger partial charge in [0.2, 0.25) is 0 Å². The summed E-state index contributed by atoms with van der Waals surface area (Å²) in [5.74, 6) is 0.636. The molecule has 1 aliphatic heterocycles. The number of hydrogen-bond donors (Lipinski definition) is 2.